The van der Waals surface area contributed by atoms with Crippen LogP contribution in [0.1, 0.15) is 85.9 Å². The molecule has 0 amide bonds. The number of hydrogen-bond acceptors (Lipinski definition) is 2. The summed E-state index contributed by atoms with van der Waals surface area (Å²) in [7, 11) is 0. The number of aromatic amines is 2. The van der Waals surface area contributed by atoms with Crippen LogP contribution in [0.4, 0.5) is 0 Å². The molecule has 2 aromatic heterocycles. The molecule has 2 rings (SSSR count). The Morgan fingerprint density at radius 3 is 0.923 bits per heavy atom. The molecule has 26 heavy (non-hydrogen) atoms. The molecule has 0 aliphatic carbocycles. The zero-order chi connectivity index (χ0) is 17.3. The fourth-order valence-electron chi connectivity index (χ4n) is 1.09. The minimum atomic E-state index is 0. The van der Waals surface area contributed by atoms with Crippen LogP contribution >= 0.6 is 0 Å². The van der Waals surface area contributed by atoms with Gasteiger partial charge in [-0.15, -0.1) is 0 Å². The van der Waals surface area contributed by atoms with Crippen molar-refractivity contribution in [2.75, 3.05) is 0 Å². The van der Waals surface area contributed by atoms with Crippen molar-refractivity contribution >= 4 is 0 Å². The largest absolute Gasteiger partial charge is 2.00 e. The maximum Gasteiger partial charge on any atom is 2.00 e. The molecule has 2 aromatic rings. The van der Waals surface area contributed by atoms with Crippen molar-refractivity contribution in [2.24, 2.45) is 0 Å². The zero-order valence-electron chi connectivity index (χ0n) is 18.2. The van der Waals surface area contributed by atoms with Crippen LogP contribution in [0.5, 0.6) is 0 Å². The van der Waals surface area contributed by atoms with Gasteiger partial charge in [0.15, 0.2) is 0 Å². The van der Waals surface area contributed by atoms with E-state index in [4.69, 9.17) is 0 Å². The summed E-state index contributed by atoms with van der Waals surface area (Å²) >= 11 is 0. The van der Waals surface area contributed by atoms with E-state index >= 15 is 0 Å². The first-order valence-electron chi connectivity index (χ1n) is 7.96. The SMILES string of the molecule is C.C.CC.CC.CCC.Cc1cnc(C)[nH]1.Cc1cnc(C)[nH]1.[CH3-].[CH3-].[W+2]. The smallest absolute Gasteiger partial charge is 0.358 e. The van der Waals surface area contributed by atoms with Gasteiger partial charge in [-0.05, 0) is 27.7 Å². The summed E-state index contributed by atoms with van der Waals surface area (Å²) in [6.07, 6.45) is 4.88. The van der Waals surface area contributed by atoms with Crippen LogP contribution in [0.2, 0.25) is 0 Å². The Hall–Kier alpha value is -0.892. The van der Waals surface area contributed by atoms with E-state index in [2.05, 4.69) is 33.8 Å². The first-order chi connectivity index (χ1) is 9.99. The topological polar surface area (TPSA) is 57.4 Å². The van der Waals surface area contributed by atoms with Crippen LogP contribution in [0.25, 0.3) is 0 Å². The molecule has 0 radical (unpaired) electrons. The first-order valence-corrected chi connectivity index (χ1v) is 7.96. The van der Waals surface area contributed by atoms with Crippen molar-refractivity contribution in [1.82, 2.24) is 19.9 Å². The van der Waals surface area contributed by atoms with Gasteiger partial charge in [-0.3, -0.25) is 0 Å². The molecular weight excluding hydrogens is 492 g/mol. The second kappa shape index (κ2) is 39.3. The molecule has 0 aliphatic rings. The summed E-state index contributed by atoms with van der Waals surface area (Å²) in [6.45, 7) is 20.1. The van der Waals surface area contributed by atoms with Gasteiger partial charge in [0.1, 0.15) is 11.6 Å². The van der Waals surface area contributed by atoms with Gasteiger partial charge in [-0.2, -0.15) is 0 Å². The number of hydrogen-bond donors (Lipinski definition) is 2. The third kappa shape index (κ3) is 38.6. The number of aromatic nitrogens is 4. The number of rotatable bonds is 0. The summed E-state index contributed by atoms with van der Waals surface area (Å²) in [4.78, 5) is 14.0. The fourth-order valence-corrected chi connectivity index (χ4v) is 1.09. The van der Waals surface area contributed by atoms with E-state index in [1.54, 1.807) is 0 Å². The molecule has 0 aliphatic heterocycles. The van der Waals surface area contributed by atoms with E-state index in [1.807, 2.05) is 67.8 Å². The summed E-state index contributed by atoms with van der Waals surface area (Å²) < 4.78 is 0. The Balaban J connectivity index is -0.0000000272. The van der Waals surface area contributed by atoms with Crippen LogP contribution in [0, 0.1) is 42.5 Å². The number of imidazole rings is 2. The standard InChI is InChI=1S/2C5H8N2.C3H8.2C2H6.2CH4.2CH3.W/c2*1-4-3-6-5(2)7-4;1-3-2;2*1-2;;;;;/h2*3H,1-2H3,(H,6,7);3H2,1-2H3;2*1-2H3;2*1H4;2*1H3;/q;;;;;;;2*-1;+2. The molecule has 0 unspecified atom stereocenters. The second-order valence-electron chi connectivity index (χ2n) is 4.01. The van der Waals surface area contributed by atoms with Gasteiger partial charge in [0.25, 0.3) is 0 Å². The number of nitrogens with zero attached hydrogens (tertiary/aromatic N) is 2. The Morgan fingerprint density at radius 2 is 0.885 bits per heavy atom. The van der Waals surface area contributed by atoms with Crippen LogP contribution in [-0.4, -0.2) is 19.9 Å². The first kappa shape index (κ1) is 49.9. The summed E-state index contributed by atoms with van der Waals surface area (Å²) in [5, 5.41) is 0. The van der Waals surface area contributed by atoms with Gasteiger partial charge in [-0.1, -0.05) is 62.8 Å². The van der Waals surface area contributed by atoms with Gasteiger partial charge in [0.05, 0.1) is 0 Å². The molecule has 0 aromatic carbocycles. The van der Waals surface area contributed by atoms with Crippen molar-refractivity contribution in [3.63, 3.8) is 0 Å². The molecule has 160 valence electrons. The van der Waals surface area contributed by atoms with Crippen molar-refractivity contribution in [1.29, 1.82) is 0 Å². The van der Waals surface area contributed by atoms with Gasteiger partial charge >= 0.3 is 21.1 Å². The molecule has 2 heterocycles. The van der Waals surface area contributed by atoms with Crippen molar-refractivity contribution in [3.8, 4) is 0 Å². The molecule has 2 N–H and O–H groups in total. The molecule has 0 saturated carbocycles. The maximum absolute atomic E-state index is 3.96. The van der Waals surface area contributed by atoms with Crippen LogP contribution in [0.3, 0.4) is 0 Å². The van der Waals surface area contributed by atoms with Gasteiger partial charge < -0.3 is 24.8 Å². The van der Waals surface area contributed by atoms with Gasteiger partial charge in [0.2, 0.25) is 0 Å². The predicted molar refractivity (Wildman–Crippen MR) is 121 cm³/mol. The number of H-pyrrole nitrogens is 2. The minimum absolute atomic E-state index is 0. The van der Waals surface area contributed by atoms with Crippen LogP contribution in [-0.2, 0) is 21.1 Å². The zero-order valence-corrected chi connectivity index (χ0v) is 21.1. The summed E-state index contributed by atoms with van der Waals surface area (Å²) in [5.74, 6) is 1.97. The van der Waals surface area contributed by atoms with E-state index in [0.717, 1.165) is 23.0 Å². The second-order valence-corrected chi connectivity index (χ2v) is 4.01. The Morgan fingerprint density at radius 1 is 0.692 bits per heavy atom. The Bertz CT molecular complexity index is 338. The van der Waals surface area contributed by atoms with Crippen LogP contribution < -0.4 is 0 Å². The maximum atomic E-state index is 3.96. The van der Waals surface area contributed by atoms with E-state index < -0.39 is 0 Å². The quantitative estimate of drug-likeness (QED) is 0.336. The predicted octanol–water partition coefficient (Wildman–Crippen LogP) is 7.69. The molecule has 0 bridgehead atoms. The minimum Gasteiger partial charge on any atom is -0.358 e. The van der Waals surface area contributed by atoms with Crippen LogP contribution in [0.15, 0.2) is 12.4 Å². The average Bonchev–Trinajstić information content (AvgIpc) is 3.04. The Kier molecular flexibility index (Phi) is 75.3. The molecule has 4 nitrogen and oxygen atoms in total. The van der Waals surface area contributed by atoms with Crippen molar-refractivity contribution in [3.05, 3.63) is 50.3 Å². The fraction of sp³-hybridized carbons (Fsp3) is 0.619. The molecule has 0 saturated heterocycles. The molecule has 0 atom stereocenters. The molecular formula is C21H50N4W. The van der Waals surface area contributed by atoms with Crippen molar-refractivity contribution in [2.45, 2.75) is 90.5 Å². The number of aryl methyl sites for hydroxylation is 4. The normalized spacial score (nSPS) is 6.23. The molecule has 0 fully saturated rings. The van der Waals surface area contributed by atoms with E-state index in [-0.39, 0.29) is 50.8 Å². The molecule has 0 spiro atoms. The van der Waals surface area contributed by atoms with E-state index in [0.29, 0.717) is 0 Å². The van der Waals surface area contributed by atoms with Gasteiger partial charge in [0, 0.05) is 23.8 Å². The average molecular weight is 542 g/mol. The van der Waals surface area contributed by atoms with E-state index in [9.17, 15) is 0 Å². The Labute approximate surface area is 181 Å². The van der Waals surface area contributed by atoms with Crippen molar-refractivity contribution < 1.29 is 21.1 Å². The monoisotopic (exact) mass is 542 g/mol. The molecule has 5 heteroatoms. The third-order valence-electron chi connectivity index (χ3n) is 1.66. The van der Waals surface area contributed by atoms with Gasteiger partial charge in [-0.25, -0.2) is 9.97 Å². The number of nitrogens with one attached hydrogen (secondary N) is 2. The third-order valence-corrected chi connectivity index (χ3v) is 1.66. The summed E-state index contributed by atoms with van der Waals surface area (Å²) in [5.41, 5.74) is 2.25. The van der Waals surface area contributed by atoms with E-state index in [1.165, 1.54) is 6.42 Å². The summed E-state index contributed by atoms with van der Waals surface area (Å²) in [6, 6.07) is 0.